The van der Waals surface area contributed by atoms with Crippen molar-refractivity contribution in [1.29, 1.82) is 0 Å². The van der Waals surface area contributed by atoms with Crippen molar-refractivity contribution in [3.8, 4) is 0 Å². The van der Waals surface area contributed by atoms with Gasteiger partial charge in [-0.1, -0.05) is 0 Å². The highest BCUT2D eigenvalue weighted by Gasteiger charge is 2.27. The van der Waals surface area contributed by atoms with Crippen molar-refractivity contribution in [3.63, 3.8) is 0 Å². The molecule has 0 saturated carbocycles. The summed E-state index contributed by atoms with van der Waals surface area (Å²) in [6.45, 7) is 1.29. The van der Waals surface area contributed by atoms with E-state index in [9.17, 15) is 13.2 Å². The van der Waals surface area contributed by atoms with Gasteiger partial charge in [0.05, 0.1) is 4.90 Å². The van der Waals surface area contributed by atoms with E-state index in [1.165, 1.54) is 23.9 Å². The fourth-order valence-corrected chi connectivity index (χ4v) is 3.88. The maximum absolute atomic E-state index is 12.5. The van der Waals surface area contributed by atoms with Crippen LogP contribution >= 0.6 is 11.8 Å². The first-order valence-corrected chi connectivity index (χ1v) is 10.1. The highest BCUT2D eigenvalue weighted by Crippen LogP contribution is 2.21. The largest absolute Gasteiger partial charge is 0.337 e. The highest BCUT2D eigenvalue weighted by molar-refractivity contribution is 7.98. The number of aromatic nitrogens is 3. The third-order valence-electron chi connectivity index (χ3n) is 3.74. The second kappa shape index (κ2) is 6.81. The molecule has 1 aliphatic rings. The summed E-state index contributed by atoms with van der Waals surface area (Å²) in [5.74, 6) is -0.405. The van der Waals surface area contributed by atoms with Crippen molar-refractivity contribution < 1.29 is 13.2 Å². The number of sulfonamides is 1. The maximum atomic E-state index is 12.5. The fourth-order valence-electron chi connectivity index (χ4n) is 2.46. The summed E-state index contributed by atoms with van der Waals surface area (Å²) in [6, 6.07) is 6.46. The minimum absolute atomic E-state index is 0.0128. The van der Waals surface area contributed by atoms with Gasteiger partial charge >= 0.3 is 0 Å². The van der Waals surface area contributed by atoms with Gasteiger partial charge in [0.1, 0.15) is 0 Å². The van der Waals surface area contributed by atoms with Crippen molar-refractivity contribution in [2.75, 3.05) is 24.1 Å². The predicted molar refractivity (Wildman–Crippen MR) is 90.6 cm³/mol. The van der Waals surface area contributed by atoms with Crippen LogP contribution in [-0.4, -0.2) is 54.0 Å². The van der Waals surface area contributed by atoms with Crippen molar-refractivity contribution >= 4 is 33.5 Å². The SMILES string of the molecule is CSc1ccc(S(=O)(=O)Nc2n[nH]nc2C(=O)N2CCCC2)cc1. The number of anilines is 1. The van der Waals surface area contributed by atoms with Crippen LogP contribution in [0, 0.1) is 0 Å². The summed E-state index contributed by atoms with van der Waals surface area (Å²) in [5.41, 5.74) is -0.0128. The van der Waals surface area contributed by atoms with Gasteiger partial charge < -0.3 is 4.90 Å². The van der Waals surface area contributed by atoms with Gasteiger partial charge in [-0.3, -0.25) is 9.52 Å². The number of hydrogen-bond acceptors (Lipinski definition) is 6. The van der Waals surface area contributed by atoms with Gasteiger partial charge in [-0.2, -0.15) is 5.21 Å². The molecule has 0 radical (unpaired) electrons. The fraction of sp³-hybridized carbons (Fsp3) is 0.357. The second-order valence-electron chi connectivity index (χ2n) is 5.30. The van der Waals surface area contributed by atoms with Crippen molar-refractivity contribution in [2.45, 2.75) is 22.6 Å². The first-order chi connectivity index (χ1) is 11.5. The molecule has 10 heteroatoms. The first kappa shape index (κ1) is 16.8. The third-order valence-corrected chi connectivity index (χ3v) is 5.84. The lowest BCUT2D eigenvalue weighted by molar-refractivity contribution is 0.0788. The Balaban J connectivity index is 1.82. The molecule has 1 aromatic carbocycles. The van der Waals surface area contributed by atoms with Gasteiger partial charge in [-0.05, 0) is 43.4 Å². The molecule has 0 atom stereocenters. The van der Waals surface area contributed by atoms with E-state index in [-0.39, 0.29) is 22.3 Å². The van der Waals surface area contributed by atoms with E-state index < -0.39 is 10.0 Å². The average Bonchev–Trinajstić information content (AvgIpc) is 3.25. The molecule has 128 valence electrons. The van der Waals surface area contributed by atoms with E-state index in [0.717, 1.165) is 17.7 Å². The molecule has 24 heavy (non-hydrogen) atoms. The zero-order valence-electron chi connectivity index (χ0n) is 13.0. The summed E-state index contributed by atoms with van der Waals surface area (Å²) in [4.78, 5) is 15.1. The summed E-state index contributed by atoms with van der Waals surface area (Å²) in [6.07, 6.45) is 3.78. The Bertz CT molecular complexity index is 826. The van der Waals surface area contributed by atoms with Gasteiger partial charge in [0.15, 0.2) is 11.5 Å². The van der Waals surface area contributed by atoms with E-state index in [4.69, 9.17) is 0 Å². The molecule has 2 aromatic rings. The average molecular weight is 367 g/mol. The van der Waals surface area contributed by atoms with E-state index in [1.54, 1.807) is 17.0 Å². The number of carbonyl (C=O) groups is 1. The first-order valence-electron chi connectivity index (χ1n) is 7.38. The number of thioether (sulfide) groups is 1. The minimum atomic E-state index is -3.84. The van der Waals surface area contributed by atoms with Crippen LogP contribution in [0.4, 0.5) is 5.82 Å². The number of aromatic amines is 1. The van der Waals surface area contributed by atoms with Crippen LogP contribution < -0.4 is 4.72 Å². The molecule has 1 aliphatic heterocycles. The number of nitrogens with one attached hydrogen (secondary N) is 2. The Labute approximate surface area is 144 Å². The number of amides is 1. The van der Waals surface area contributed by atoms with Crippen LogP contribution in [0.5, 0.6) is 0 Å². The van der Waals surface area contributed by atoms with Gasteiger partial charge in [0, 0.05) is 18.0 Å². The van der Waals surface area contributed by atoms with Crippen molar-refractivity contribution in [1.82, 2.24) is 20.3 Å². The third kappa shape index (κ3) is 3.39. The molecule has 0 aliphatic carbocycles. The lowest BCUT2D eigenvalue weighted by atomic mass is 10.4. The predicted octanol–water partition coefficient (Wildman–Crippen LogP) is 1.56. The van der Waals surface area contributed by atoms with E-state index >= 15 is 0 Å². The Hall–Kier alpha value is -2.07. The van der Waals surface area contributed by atoms with Crippen LogP contribution in [0.3, 0.4) is 0 Å². The molecule has 8 nitrogen and oxygen atoms in total. The molecule has 1 aromatic heterocycles. The van der Waals surface area contributed by atoms with Crippen LogP contribution in [0.25, 0.3) is 0 Å². The zero-order valence-corrected chi connectivity index (χ0v) is 14.7. The molecule has 0 unspecified atom stereocenters. The molecular formula is C14H17N5O3S2. The number of rotatable bonds is 5. The molecular weight excluding hydrogens is 350 g/mol. The summed E-state index contributed by atoms with van der Waals surface area (Å²) in [5, 5.41) is 9.90. The smallest absolute Gasteiger partial charge is 0.278 e. The van der Waals surface area contributed by atoms with Crippen molar-refractivity contribution in [2.24, 2.45) is 0 Å². The van der Waals surface area contributed by atoms with Crippen LogP contribution in [0.15, 0.2) is 34.1 Å². The zero-order chi connectivity index (χ0) is 17.2. The minimum Gasteiger partial charge on any atom is -0.337 e. The Morgan fingerprint density at radius 3 is 2.50 bits per heavy atom. The molecule has 2 N–H and O–H groups in total. The van der Waals surface area contributed by atoms with Gasteiger partial charge in [-0.25, -0.2) is 8.42 Å². The Kier molecular flexibility index (Phi) is 4.76. The number of hydrogen-bond donors (Lipinski definition) is 2. The molecule has 3 rings (SSSR count). The monoisotopic (exact) mass is 367 g/mol. The van der Waals surface area contributed by atoms with E-state index in [1.807, 2.05) is 6.26 Å². The standard InChI is InChI=1S/C14H17N5O3S2/c1-23-10-4-6-11(7-5-10)24(21,22)17-13-12(15-18-16-13)14(20)19-8-2-3-9-19/h4-7H,2-3,8-9H2,1H3,(H2,15,16,17,18). The molecule has 0 bridgehead atoms. The Morgan fingerprint density at radius 2 is 1.88 bits per heavy atom. The number of H-pyrrole nitrogens is 1. The maximum Gasteiger partial charge on any atom is 0.278 e. The topological polar surface area (TPSA) is 108 Å². The van der Waals surface area contributed by atoms with Gasteiger partial charge in [0.25, 0.3) is 15.9 Å². The summed E-state index contributed by atoms with van der Waals surface area (Å²) in [7, 11) is -3.84. The van der Waals surface area contributed by atoms with Gasteiger partial charge in [-0.15, -0.1) is 22.0 Å². The molecule has 1 saturated heterocycles. The van der Waals surface area contributed by atoms with Crippen LogP contribution in [0.2, 0.25) is 0 Å². The van der Waals surface area contributed by atoms with Gasteiger partial charge in [0.2, 0.25) is 0 Å². The quantitative estimate of drug-likeness (QED) is 0.777. The molecule has 1 amide bonds. The molecule has 2 heterocycles. The summed E-state index contributed by atoms with van der Waals surface area (Å²) < 4.78 is 27.3. The van der Waals surface area contributed by atoms with E-state index in [0.29, 0.717) is 13.1 Å². The molecule has 1 fully saturated rings. The lowest BCUT2D eigenvalue weighted by Gasteiger charge is -2.14. The highest BCUT2D eigenvalue weighted by atomic mass is 32.2. The van der Waals surface area contributed by atoms with Crippen molar-refractivity contribution in [3.05, 3.63) is 30.0 Å². The number of carbonyl (C=O) groups excluding carboxylic acids is 1. The normalized spacial score (nSPS) is 14.8. The van der Waals surface area contributed by atoms with Crippen LogP contribution in [-0.2, 0) is 10.0 Å². The molecule has 0 spiro atoms. The number of benzene rings is 1. The summed E-state index contributed by atoms with van der Waals surface area (Å²) >= 11 is 1.52. The lowest BCUT2D eigenvalue weighted by Crippen LogP contribution is -2.29. The second-order valence-corrected chi connectivity index (χ2v) is 7.86. The Morgan fingerprint density at radius 1 is 1.21 bits per heavy atom. The van der Waals surface area contributed by atoms with E-state index in [2.05, 4.69) is 20.1 Å². The number of nitrogens with zero attached hydrogens (tertiary/aromatic N) is 3. The number of likely N-dealkylation sites (tertiary alicyclic amines) is 1. The van der Waals surface area contributed by atoms with Crippen LogP contribution in [0.1, 0.15) is 23.3 Å².